The molecule has 8 nitrogen and oxygen atoms in total. The molecule has 0 radical (unpaired) electrons. The van der Waals surface area contributed by atoms with Crippen LogP contribution in [0.25, 0.3) is 0 Å². The summed E-state index contributed by atoms with van der Waals surface area (Å²) in [6, 6.07) is 20.7. The molecular weight excluding hydrogens is 562 g/mol. The van der Waals surface area contributed by atoms with E-state index in [0.29, 0.717) is 23.8 Å². The molecule has 10 heteroatoms. The number of benzene rings is 3. The van der Waals surface area contributed by atoms with Crippen molar-refractivity contribution in [3.8, 4) is 5.75 Å². The van der Waals surface area contributed by atoms with Crippen LogP contribution in [0, 0.1) is 0 Å². The SMILES string of the molecule is CCOc1ccccc1N(CC(=O)N(Cc1ccc(Cl)cc1)C(CC)C(=O)NC(C)(C)C)S(=O)(=O)c1ccccc1. The number of carbonyl (C=O) groups excluding carboxylic acids is 2. The molecule has 1 atom stereocenters. The third kappa shape index (κ3) is 8.47. The Labute approximate surface area is 248 Å². The van der Waals surface area contributed by atoms with Gasteiger partial charge in [0.2, 0.25) is 11.8 Å². The smallest absolute Gasteiger partial charge is 0.264 e. The van der Waals surface area contributed by atoms with Gasteiger partial charge in [-0.3, -0.25) is 13.9 Å². The predicted octanol–water partition coefficient (Wildman–Crippen LogP) is 5.66. The molecule has 0 aromatic heterocycles. The second kappa shape index (κ2) is 13.9. The van der Waals surface area contributed by atoms with Gasteiger partial charge in [0.05, 0.1) is 17.2 Å². The Kier molecular flexibility index (Phi) is 10.8. The van der Waals surface area contributed by atoms with Crippen LogP contribution < -0.4 is 14.4 Å². The standard InChI is InChI=1S/C31H38ClN3O5S/c1-6-26(30(37)33-31(3,4)5)34(21-23-17-19-24(32)20-18-23)29(36)22-35(27-15-11-12-16-28(27)40-7-2)41(38,39)25-13-9-8-10-14-25/h8-20,26H,6-7,21-22H2,1-5H3,(H,33,37). The van der Waals surface area contributed by atoms with Gasteiger partial charge in [-0.2, -0.15) is 0 Å². The van der Waals surface area contributed by atoms with E-state index in [-0.39, 0.29) is 23.0 Å². The number of hydrogen-bond donors (Lipinski definition) is 1. The number of ether oxygens (including phenoxy) is 1. The Morgan fingerprint density at radius 2 is 1.54 bits per heavy atom. The van der Waals surface area contributed by atoms with Gasteiger partial charge in [-0.1, -0.05) is 61.0 Å². The van der Waals surface area contributed by atoms with Gasteiger partial charge < -0.3 is 15.0 Å². The van der Waals surface area contributed by atoms with Gasteiger partial charge in [-0.05, 0) is 76.1 Å². The first-order valence-electron chi connectivity index (χ1n) is 13.5. The molecule has 0 fully saturated rings. The number of anilines is 1. The van der Waals surface area contributed by atoms with Crippen molar-refractivity contribution in [3.63, 3.8) is 0 Å². The van der Waals surface area contributed by atoms with Crippen molar-refractivity contribution in [1.29, 1.82) is 0 Å². The summed E-state index contributed by atoms with van der Waals surface area (Å²) in [6.07, 6.45) is 0.322. The Balaban J connectivity index is 2.10. The summed E-state index contributed by atoms with van der Waals surface area (Å²) in [4.78, 5) is 29.1. The number of nitrogens with one attached hydrogen (secondary N) is 1. The predicted molar refractivity (Wildman–Crippen MR) is 163 cm³/mol. The van der Waals surface area contributed by atoms with E-state index >= 15 is 0 Å². The molecule has 0 aliphatic carbocycles. The van der Waals surface area contributed by atoms with Crippen molar-refractivity contribution < 1.29 is 22.7 Å². The molecule has 0 heterocycles. The van der Waals surface area contributed by atoms with E-state index in [1.807, 2.05) is 27.7 Å². The molecule has 220 valence electrons. The first-order chi connectivity index (χ1) is 19.4. The molecule has 3 aromatic rings. The number of rotatable bonds is 12. The lowest BCUT2D eigenvalue weighted by Gasteiger charge is -2.35. The summed E-state index contributed by atoms with van der Waals surface area (Å²) in [5.41, 5.74) is 0.445. The third-order valence-corrected chi connectivity index (χ3v) is 8.22. The molecular formula is C31H38ClN3O5S. The Hall–Kier alpha value is -3.56. The Morgan fingerprint density at radius 3 is 2.12 bits per heavy atom. The molecule has 0 saturated heterocycles. The highest BCUT2D eigenvalue weighted by Crippen LogP contribution is 2.33. The molecule has 3 rings (SSSR count). The van der Waals surface area contributed by atoms with E-state index in [0.717, 1.165) is 9.87 Å². The first kappa shape index (κ1) is 32.0. The fourth-order valence-electron chi connectivity index (χ4n) is 4.33. The Morgan fingerprint density at radius 1 is 0.927 bits per heavy atom. The summed E-state index contributed by atoms with van der Waals surface area (Å²) in [5, 5.41) is 3.50. The van der Waals surface area contributed by atoms with Crippen molar-refractivity contribution in [2.45, 2.75) is 64.1 Å². The summed E-state index contributed by atoms with van der Waals surface area (Å²) >= 11 is 6.08. The lowest BCUT2D eigenvalue weighted by molar-refractivity contribution is -0.141. The zero-order valence-corrected chi connectivity index (χ0v) is 25.7. The van der Waals surface area contributed by atoms with Crippen molar-refractivity contribution in [1.82, 2.24) is 10.2 Å². The van der Waals surface area contributed by atoms with Gasteiger partial charge in [-0.25, -0.2) is 8.42 Å². The largest absolute Gasteiger partial charge is 0.492 e. The number of amides is 2. The number of hydrogen-bond acceptors (Lipinski definition) is 5. The normalized spacial score (nSPS) is 12.3. The molecule has 0 saturated carbocycles. The highest BCUT2D eigenvalue weighted by atomic mass is 35.5. The lowest BCUT2D eigenvalue weighted by atomic mass is 10.1. The zero-order chi connectivity index (χ0) is 30.2. The maximum Gasteiger partial charge on any atom is 0.264 e. The van der Waals surface area contributed by atoms with Crippen LogP contribution in [0.3, 0.4) is 0 Å². The highest BCUT2D eigenvalue weighted by molar-refractivity contribution is 7.92. The monoisotopic (exact) mass is 599 g/mol. The molecule has 1 unspecified atom stereocenters. The first-order valence-corrected chi connectivity index (χ1v) is 15.3. The number of carbonyl (C=O) groups is 2. The molecule has 0 aliphatic rings. The fraction of sp³-hybridized carbons (Fsp3) is 0.355. The van der Waals surface area contributed by atoms with Crippen LogP contribution in [0.15, 0.2) is 83.8 Å². The lowest BCUT2D eigenvalue weighted by Crippen LogP contribution is -2.55. The average Bonchev–Trinajstić information content (AvgIpc) is 2.92. The minimum absolute atomic E-state index is 0.0286. The number of sulfonamides is 1. The van der Waals surface area contributed by atoms with Gasteiger partial charge in [-0.15, -0.1) is 0 Å². The van der Waals surface area contributed by atoms with Crippen LogP contribution >= 0.6 is 11.6 Å². The quantitative estimate of drug-likeness (QED) is 0.290. The number of halogens is 1. The highest BCUT2D eigenvalue weighted by Gasteiger charge is 2.35. The van der Waals surface area contributed by atoms with Crippen molar-refractivity contribution in [2.24, 2.45) is 0 Å². The van der Waals surface area contributed by atoms with Crippen LogP contribution in [0.1, 0.15) is 46.6 Å². The van der Waals surface area contributed by atoms with Crippen LogP contribution in [-0.4, -0.2) is 49.9 Å². The summed E-state index contributed by atoms with van der Waals surface area (Å²) in [6.45, 7) is 9.04. The molecule has 2 amide bonds. The van der Waals surface area contributed by atoms with Crippen molar-refractivity contribution in [3.05, 3.63) is 89.4 Å². The summed E-state index contributed by atoms with van der Waals surface area (Å²) < 4.78 is 34.8. The molecule has 41 heavy (non-hydrogen) atoms. The van der Waals surface area contributed by atoms with Crippen LogP contribution in [-0.2, 0) is 26.2 Å². The van der Waals surface area contributed by atoms with E-state index in [1.165, 1.54) is 17.0 Å². The van der Waals surface area contributed by atoms with Gasteiger partial charge in [0, 0.05) is 17.1 Å². The van der Waals surface area contributed by atoms with Crippen LogP contribution in [0.2, 0.25) is 5.02 Å². The van der Waals surface area contributed by atoms with Gasteiger partial charge in [0.1, 0.15) is 18.3 Å². The fourth-order valence-corrected chi connectivity index (χ4v) is 5.90. The maximum absolute atomic E-state index is 14.2. The molecule has 0 aliphatic heterocycles. The van der Waals surface area contributed by atoms with Gasteiger partial charge in [0.25, 0.3) is 10.0 Å². The molecule has 0 bridgehead atoms. The Bertz CT molecular complexity index is 1420. The topological polar surface area (TPSA) is 96.0 Å². The zero-order valence-electron chi connectivity index (χ0n) is 24.1. The van der Waals surface area contributed by atoms with Crippen molar-refractivity contribution in [2.75, 3.05) is 17.5 Å². The van der Waals surface area contributed by atoms with E-state index in [2.05, 4.69) is 5.32 Å². The van der Waals surface area contributed by atoms with Gasteiger partial charge >= 0.3 is 0 Å². The van der Waals surface area contributed by atoms with Crippen molar-refractivity contribution >= 4 is 39.1 Å². The van der Waals surface area contributed by atoms with Crippen LogP contribution in [0.5, 0.6) is 5.75 Å². The second-order valence-corrected chi connectivity index (χ2v) is 12.8. The van der Waals surface area contributed by atoms with Crippen LogP contribution in [0.4, 0.5) is 5.69 Å². The third-order valence-electron chi connectivity index (χ3n) is 6.19. The summed E-state index contributed by atoms with van der Waals surface area (Å²) in [7, 11) is -4.20. The second-order valence-electron chi connectivity index (χ2n) is 10.5. The van der Waals surface area contributed by atoms with E-state index in [9.17, 15) is 18.0 Å². The molecule has 1 N–H and O–H groups in total. The number of nitrogens with zero attached hydrogens (tertiary/aromatic N) is 2. The summed E-state index contributed by atoms with van der Waals surface area (Å²) in [5.74, 6) is -0.541. The minimum atomic E-state index is -4.20. The minimum Gasteiger partial charge on any atom is -0.492 e. The molecule has 3 aromatic carbocycles. The number of para-hydroxylation sites is 2. The average molecular weight is 600 g/mol. The van der Waals surface area contributed by atoms with E-state index in [1.54, 1.807) is 73.7 Å². The maximum atomic E-state index is 14.2. The van der Waals surface area contributed by atoms with Gasteiger partial charge in [0.15, 0.2) is 0 Å². The van der Waals surface area contributed by atoms with E-state index in [4.69, 9.17) is 16.3 Å². The molecule has 0 spiro atoms. The van der Waals surface area contributed by atoms with E-state index < -0.39 is 34.1 Å².